The van der Waals surface area contributed by atoms with Crippen molar-refractivity contribution in [1.29, 1.82) is 0 Å². The topological polar surface area (TPSA) is 85.1 Å². The Morgan fingerprint density at radius 3 is 2.75 bits per heavy atom. The highest BCUT2D eigenvalue weighted by Crippen LogP contribution is 2.18. The van der Waals surface area contributed by atoms with E-state index < -0.39 is 4.92 Å². The lowest BCUT2D eigenvalue weighted by Gasteiger charge is -2.02. The van der Waals surface area contributed by atoms with Gasteiger partial charge in [0.05, 0.1) is 10.4 Å². The zero-order chi connectivity index (χ0) is 16.9. The first-order valence-corrected chi connectivity index (χ1v) is 7.21. The fraction of sp³-hybridized carbons (Fsp3) is 0. The van der Waals surface area contributed by atoms with Crippen molar-refractivity contribution >= 4 is 34.3 Å². The number of carbonyl (C=O) groups excluding carboxylic acids is 1. The molecule has 0 atom stereocenters. The third-order valence-electron chi connectivity index (χ3n) is 3.40. The minimum atomic E-state index is -0.507. The van der Waals surface area contributed by atoms with Crippen LogP contribution >= 0.6 is 0 Å². The number of hydrogen-bond acceptors (Lipinski definition) is 4. The van der Waals surface area contributed by atoms with Gasteiger partial charge in [0.15, 0.2) is 0 Å². The van der Waals surface area contributed by atoms with E-state index in [2.05, 4.69) is 10.3 Å². The molecule has 118 valence electrons. The van der Waals surface area contributed by atoms with Gasteiger partial charge >= 0.3 is 0 Å². The summed E-state index contributed by atoms with van der Waals surface area (Å²) in [6, 6.07) is 15.3. The van der Waals surface area contributed by atoms with Gasteiger partial charge in [0.25, 0.3) is 5.69 Å². The van der Waals surface area contributed by atoms with E-state index in [-0.39, 0.29) is 11.6 Å². The zero-order valence-electron chi connectivity index (χ0n) is 12.5. The number of pyridine rings is 1. The van der Waals surface area contributed by atoms with Gasteiger partial charge in [0.2, 0.25) is 5.91 Å². The van der Waals surface area contributed by atoms with E-state index in [9.17, 15) is 14.9 Å². The first-order valence-electron chi connectivity index (χ1n) is 7.21. The minimum absolute atomic E-state index is 0.0740. The monoisotopic (exact) mass is 319 g/mol. The molecular formula is C18H13N3O3. The van der Waals surface area contributed by atoms with Gasteiger partial charge in [-0.15, -0.1) is 0 Å². The number of benzene rings is 2. The zero-order valence-corrected chi connectivity index (χ0v) is 12.5. The first kappa shape index (κ1) is 15.4. The summed E-state index contributed by atoms with van der Waals surface area (Å²) in [4.78, 5) is 26.6. The van der Waals surface area contributed by atoms with Gasteiger partial charge in [0, 0.05) is 41.0 Å². The lowest BCUT2D eigenvalue weighted by Crippen LogP contribution is -2.07. The van der Waals surface area contributed by atoms with E-state index in [0.717, 1.165) is 16.5 Å². The van der Waals surface area contributed by atoms with Crippen LogP contribution in [-0.4, -0.2) is 15.8 Å². The average molecular weight is 319 g/mol. The Bertz CT molecular complexity index is 946. The summed E-state index contributed by atoms with van der Waals surface area (Å²) >= 11 is 0. The normalized spacial score (nSPS) is 10.8. The molecule has 0 aliphatic heterocycles. The number of rotatable bonds is 4. The summed E-state index contributed by atoms with van der Waals surface area (Å²) in [6.07, 6.45) is 4.74. The number of hydrogen-bond donors (Lipinski definition) is 1. The Balaban J connectivity index is 1.78. The van der Waals surface area contributed by atoms with E-state index in [1.165, 1.54) is 24.3 Å². The molecule has 6 heteroatoms. The van der Waals surface area contributed by atoms with Crippen LogP contribution < -0.4 is 5.32 Å². The van der Waals surface area contributed by atoms with Crippen LogP contribution in [0.4, 0.5) is 11.4 Å². The quantitative estimate of drug-likeness (QED) is 0.450. The smallest absolute Gasteiger partial charge is 0.271 e. The largest absolute Gasteiger partial charge is 0.322 e. The average Bonchev–Trinajstić information content (AvgIpc) is 2.60. The lowest BCUT2D eigenvalue weighted by molar-refractivity contribution is -0.384. The van der Waals surface area contributed by atoms with Crippen molar-refractivity contribution < 1.29 is 9.72 Å². The predicted octanol–water partition coefficient (Wildman–Crippen LogP) is 3.79. The van der Waals surface area contributed by atoms with Crippen LogP contribution in [0.1, 0.15) is 5.56 Å². The summed E-state index contributed by atoms with van der Waals surface area (Å²) in [6.45, 7) is 0. The Morgan fingerprint density at radius 1 is 1.12 bits per heavy atom. The molecule has 0 fully saturated rings. The molecule has 3 aromatic rings. The molecule has 2 aromatic carbocycles. The third-order valence-corrected chi connectivity index (χ3v) is 3.40. The summed E-state index contributed by atoms with van der Waals surface area (Å²) in [5.41, 5.74) is 1.92. The van der Waals surface area contributed by atoms with E-state index >= 15 is 0 Å². The fourth-order valence-corrected chi connectivity index (χ4v) is 2.31. The number of nitrogens with zero attached hydrogens (tertiary/aromatic N) is 2. The number of nitro groups is 1. The van der Waals surface area contributed by atoms with Crippen LogP contribution in [0.15, 0.2) is 66.9 Å². The van der Waals surface area contributed by atoms with Crippen LogP contribution in [0.3, 0.4) is 0 Å². The number of nitrogens with one attached hydrogen (secondary N) is 1. The van der Waals surface area contributed by atoms with Crippen molar-refractivity contribution in [3.8, 4) is 0 Å². The Kier molecular flexibility index (Phi) is 4.29. The maximum Gasteiger partial charge on any atom is 0.271 e. The first-order chi connectivity index (χ1) is 11.6. The van der Waals surface area contributed by atoms with Crippen molar-refractivity contribution in [2.75, 3.05) is 5.32 Å². The predicted molar refractivity (Wildman–Crippen MR) is 92.5 cm³/mol. The number of non-ortho nitro benzene ring substituents is 1. The second-order valence-electron chi connectivity index (χ2n) is 5.05. The molecule has 0 aliphatic rings. The SMILES string of the molecule is O=C(/C=C/c1cccc2cccnc12)Nc1cccc([N+](=O)[O-])c1. The van der Waals surface area contributed by atoms with Crippen molar-refractivity contribution in [3.05, 3.63) is 82.5 Å². The van der Waals surface area contributed by atoms with E-state index in [0.29, 0.717) is 5.69 Å². The molecule has 0 saturated carbocycles. The molecule has 0 aliphatic carbocycles. The van der Waals surface area contributed by atoms with Crippen LogP contribution in [0.5, 0.6) is 0 Å². The van der Waals surface area contributed by atoms with Gasteiger partial charge in [-0.2, -0.15) is 0 Å². The van der Waals surface area contributed by atoms with Crippen molar-refractivity contribution in [2.24, 2.45) is 0 Å². The summed E-state index contributed by atoms with van der Waals surface area (Å²) < 4.78 is 0. The van der Waals surface area contributed by atoms with Gasteiger partial charge in [-0.05, 0) is 18.2 Å². The van der Waals surface area contributed by atoms with Crippen molar-refractivity contribution in [1.82, 2.24) is 4.98 Å². The maximum atomic E-state index is 12.0. The highest BCUT2D eigenvalue weighted by Gasteiger charge is 2.07. The molecule has 24 heavy (non-hydrogen) atoms. The van der Waals surface area contributed by atoms with E-state index in [1.54, 1.807) is 18.3 Å². The van der Waals surface area contributed by atoms with Crippen molar-refractivity contribution in [2.45, 2.75) is 0 Å². The molecule has 0 unspecified atom stereocenters. The molecule has 1 amide bonds. The summed E-state index contributed by atoms with van der Waals surface area (Å²) in [5, 5.41) is 14.3. The van der Waals surface area contributed by atoms with Gasteiger partial charge in [-0.25, -0.2) is 0 Å². The minimum Gasteiger partial charge on any atom is -0.322 e. The number of aromatic nitrogens is 1. The maximum absolute atomic E-state index is 12.0. The van der Waals surface area contributed by atoms with Gasteiger partial charge in [-0.1, -0.05) is 30.3 Å². The Labute approximate surface area is 137 Å². The number of nitro benzene ring substituents is 1. The summed E-state index contributed by atoms with van der Waals surface area (Å²) in [5.74, 6) is -0.372. The molecule has 0 saturated heterocycles. The number of fused-ring (bicyclic) bond motifs is 1. The van der Waals surface area contributed by atoms with Crippen LogP contribution in [-0.2, 0) is 4.79 Å². The standard InChI is InChI=1S/C18H13N3O3/c22-17(20-15-7-2-8-16(12-15)21(23)24)10-9-14-5-1-4-13-6-3-11-19-18(13)14/h1-12H,(H,20,22)/b10-9+. The van der Waals surface area contributed by atoms with E-state index in [1.807, 2.05) is 30.3 Å². The molecular weight excluding hydrogens is 306 g/mol. The molecule has 0 spiro atoms. The fourth-order valence-electron chi connectivity index (χ4n) is 2.31. The molecule has 0 radical (unpaired) electrons. The highest BCUT2D eigenvalue weighted by atomic mass is 16.6. The second-order valence-corrected chi connectivity index (χ2v) is 5.05. The molecule has 0 bridgehead atoms. The van der Waals surface area contributed by atoms with E-state index in [4.69, 9.17) is 0 Å². The Morgan fingerprint density at radius 2 is 1.92 bits per heavy atom. The third kappa shape index (κ3) is 3.44. The van der Waals surface area contributed by atoms with Crippen LogP contribution in [0.2, 0.25) is 0 Å². The molecule has 6 nitrogen and oxygen atoms in total. The van der Waals surface area contributed by atoms with Gasteiger partial charge < -0.3 is 5.32 Å². The molecule has 1 N–H and O–H groups in total. The highest BCUT2D eigenvalue weighted by molar-refractivity contribution is 6.03. The lowest BCUT2D eigenvalue weighted by atomic mass is 10.1. The molecule has 1 heterocycles. The number of carbonyl (C=O) groups is 1. The van der Waals surface area contributed by atoms with Crippen LogP contribution in [0, 0.1) is 10.1 Å². The molecule has 3 rings (SSSR count). The molecule has 1 aromatic heterocycles. The second kappa shape index (κ2) is 6.70. The Hall–Kier alpha value is -3.54. The van der Waals surface area contributed by atoms with Gasteiger partial charge in [-0.3, -0.25) is 19.9 Å². The number of para-hydroxylation sites is 1. The summed E-state index contributed by atoms with van der Waals surface area (Å²) in [7, 11) is 0. The number of amides is 1. The van der Waals surface area contributed by atoms with Crippen LogP contribution in [0.25, 0.3) is 17.0 Å². The van der Waals surface area contributed by atoms with Gasteiger partial charge in [0.1, 0.15) is 0 Å². The van der Waals surface area contributed by atoms with Crippen molar-refractivity contribution in [3.63, 3.8) is 0 Å². The number of anilines is 1.